The van der Waals surface area contributed by atoms with E-state index in [4.69, 9.17) is 9.97 Å². The SMILES string of the molecule is c1cc(-c2nc(N3CCC3)nc3c2CCC3)n[nH]1. The van der Waals surface area contributed by atoms with Gasteiger partial charge in [0.2, 0.25) is 5.95 Å². The standard InChI is InChI=1S/C13H15N5/c1-3-9-10(4-1)15-13(18-7-2-8-18)16-12(9)11-5-6-14-17-11/h5-6H,1-4,7-8H2,(H,14,17). The first-order chi connectivity index (χ1) is 8.92. The van der Waals surface area contributed by atoms with Crippen LogP contribution in [0.4, 0.5) is 5.95 Å². The molecule has 1 aliphatic carbocycles. The van der Waals surface area contributed by atoms with Crippen molar-refractivity contribution in [2.24, 2.45) is 0 Å². The molecule has 0 bridgehead atoms. The van der Waals surface area contributed by atoms with E-state index in [0.717, 1.165) is 43.3 Å². The number of aromatic nitrogens is 4. The van der Waals surface area contributed by atoms with Crippen molar-refractivity contribution in [2.75, 3.05) is 18.0 Å². The van der Waals surface area contributed by atoms with Crippen LogP contribution in [0.3, 0.4) is 0 Å². The lowest BCUT2D eigenvalue weighted by atomic mass is 10.1. The second-order valence-electron chi connectivity index (χ2n) is 4.95. The molecule has 1 aliphatic heterocycles. The van der Waals surface area contributed by atoms with Gasteiger partial charge in [-0.15, -0.1) is 0 Å². The predicted molar refractivity (Wildman–Crippen MR) is 68.5 cm³/mol. The van der Waals surface area contributed by atoms with Crippen LogP contribution in [-0.2, 0) is 12.8 Å². The molecular weight excluding hydrogens is 226 g/mol. The molecule has 0 aromatic carbocycles. The molecule has 2 aliphatic rings. The number of rotatable bonds is 2. The van der Waals surface area contributed by atoms with Crippen LogP contribution in [0, 0.1) is 0 Å². The summed E-state index contributed by atoms with van der Waals surface area (Å²) >= 11 is 0. The van der Waals surface area contributed by atoms with E-state index in [0.29, 0.717) is 0 Å². The molecule has 0 radical (unpaired) electrons. The Kier molecular flexibility index (Phi) is 2.12. The Morgan fingerprint density at radius 3 is 2.78 bits per heavy atom. The second kappa shape index (κ2) is 3.80. The number of hydrogen-bond donors (Lipinski definition) is 1. The van der Waals surface area contributed by atoms with Gasteiger partial charge in [-0.3, -0.25) is 5.10 Å². The number of H-pyrrole nitrogens is 1. The predicted octanol–water partition coefficient (Wildman–Crippen LogP) is 1.57. The average Bonchev–Trinajstić information content (AvgIpc) is 2.96. The summed E-state index contributed by atoms with van der Waals surface area (Å²) in [5, 5.41) is 7.15. The van der Waals surface area contributed by atoms with Gasteiger partial charge in [0.05, 0.1) is 5.69 Å². The maximum Gasteiger partial charge on any atom is 0.226 e. The number of aromatic amines is 1. The molecule has 4 rings (SSSR count). The summed E-state index contributed by atoms with van der Waals surface area (Å²) in [6.45, 7) is 2.16. The highest BCUT2D eigenvalue weighted by Gasteiger charge is 2.25. The van der Waals surface area contributed by atoms with E-state index in [2.05, 4.69) is 15.1 Å². The molecule has 1 saturated heterocycles. The van der Waals surface area contributed by atoms with Gasteiger partial charge in [0, 0.05) is 30.5 Å². The van der Waals surface area contributed by atoms with Gasteiger partial charge in [0.15, 0.2) is 0 Å². The number of nitrogens with one attached hydrogen (secondary N) is 1. The fraction of sp³-hybridized carbons (Fsp3) is 0.462. The normalized spacial score (nSPS) is 17.7. The van der Waals surface area contributed by atoms with Crippen LogP contribution < -0.4 is 4.90 Å². The first-order valence-corrected chi connectivity index (χ1v) is 6.57. The van der Waals surface area contributed by atoms with Crippen molar-refractivity contribution in [1.82, 2.24) is 20.2 Å². The Balaban J connectivity index is 1.86. The van der Waals surface area contributed by atoms with Gasteiger partial charge in [0.1, 0.15) is 5.69 Å². The van der Waals surface area contributed by atoms with Crippen molar-refractivity contribution >= 4 is 5.95 Å². The van der Waals surface area contributed by atoms with Crippen LogP contribution in [0.5, 0.6) is 0 Å². The zero-order valence-corrected chi connectivity index (χ0v) is 10.2. The molecule has 0 saturated carbocycles. The summed E-state index contributed by atoms with van der Waals surface area (Å²) < 4.78 is 0. The van der Waals surface area contributed by atoms with Crippen LogP contribution in [0.2, 0.25) is 0 Å². The van der Waals surface area contributed by atoms with Gasteiger partial charge in [-0.25, -0.2) is 9.97 Å². The lowest BCUT2D eigenvalue weighted by Crippen LogP contribution is -2.38. The van der Waals surface area contributed by atoms with Gasteiger partial charge in [-0.05, 0) is 31.7 Å². The fourth-order valence-electron chi connectivity index (χ4n) is 2.68. The van der Waals surface area contributed by atoms with Crippen LogP contribution >= 0.6 is 0 Å². The average molecular weight is 241 g/mol. The van der Waals surface area contributed by atoms with Crippen molar-refractivity contribution < 1.29 is 0 Å². The third kappa shape index (κ3) is 1.43. The summed E-state index contributed by atoms with van der Waals surface area (Å²) in [5.41, 5.74) is 4.49. The number of aryl methyl sites for hydroxylation is 1. The summed E-state index contributed by atoms with van der Waals surface area (Å²) in [4.78, 5) is 11.7. The van der Waals surface area contributed by atoms with Gasteiger partial charge < -0.3 is 4.90 Å². The Labute approximate surface area is 105 Å². The molecule has 5 heteroatoms. The van der Waals surface area contributed by atoms with E-state index in [9.17, 15) is 0 Å². The van der Waals surface area contributed by atoms with Gasteiger partial charge in [-0.2, -0.15) is 5.10 Å². The highest BCUT2D eigenvalue weighted by atomic mass is 15.3. The second-order valence-corrected chi connectivity index (χ2v) is 4.95. The molecule has 0 amide bonds. The molecule has 5 nitrogen and oxygen atoms in total. The molecule has 2 aromatic rings. The lowest BCUT2D eigenvalue weighted by Gasteiger charge is -2.31. The molecule has 92 valence electrons. The zero-order chi connectivity index (χ0) is 11.9. The first kappa shape index (κ1) is 10.1. The highest BCUT2D eigenvalue weighted by molar-refractivity contribution is 5.62. The van der Waals surface area contributed by atoms with Crippen molar-refractivity contribution in [3.8, 4) is 11.4 Å². The summed E-state index contributed by atoms with van der Waals surface area (Å²) in [6, 6.07) is 1.99. The number of fused-ring (bicyclic) bond motifs is 1. The summed E-state index contributed by atoms with van der Waals surface area (Å²) in [5.74, 6) is 0.889. The molecule has 1 N–H and O–H groups in total. The minimum Gasteiger partial charge on any atom is -0.341 e. The van der Waals surface area contributed by atoms with Crippen molar-refractivity contribution in [3.05, 3.63) is 23.5 Å². The van der Waals surface area contributed by atoms with Crippen LogP contribution in [-0.4, -0.2) is 33.3 Å². The van der Waals surface area contributed by atoms with Crippen molar-refractivity contribution in [3.63, 3.8) is 0 Å². The summed E-state index contributed by atoms with van der Waals surface area (Å²) in [7, 11) is 0. The maximum atomic E-state index is 4.74. The van der Waals surface area contributed by atoms with E-state index in [1.165, 1.54) is 24.1 Å². The lowest BCUT2D eigenvalue weighted by molar-refractivity contribution is 0.599. The van der Waals surface area contributed by atoms with E-state index >= 15 is 0 Å². The maximum absolute atomic E-state index is 4.74. The van der Waals surface area contributed by atoms with Gasteiger partial charge >= 0.3 is 0 Å². The Morgan fingerprint density at radius 2 is 2.06 bits per heavy atom. The molecule has 0 atom stereocenters. The fourth-order valence-corrected chi connectivity index (χ4v) is 2.68. The van der Waals surface area contributed by atoms with Crippen molar-refractivity contribution in [1.29, 1.82) is 0 Å². The largest absolute Gasteiger partial charge is 0.341 e. The molecular formula is C13H15N5. The third-order valence-electron chi connectivity index (χ3n) is 3.80. The molecule has 0 spiro atoms. The number of anilines is 1. The Hall–Kier alpha value is -1.91. The molecule has 2 aromatic heterocycles. The first-order valence-electron chi connectivity index (χ1n) is 6.57. The molecule has 0 unspecified atom stereocenters. The number of hydrogen-bond acceptors (Lipinski definition) is 4. The van der Waals surface area contributed by atoms with E-state index < -0.39 is 0 Å². The van der Waals surface area contributed by atoms with Crippen molar-refractivity contribution in [2.45, 2.75) is 25.7 Å². The molecule has 3 heterocycles. The van der Waals surface area contributed by atoms with E-state index in [1.54, 1.807) is 0 Å². The van der Waals surface area contributed by atoms with Crippen LogP contribution in [0.15, 0.2) is 12.3 Å². The van der Waals surface area contributed by atoms with Gasteiger partial charge in [0.25, 0.3) is 0 Å². The zero-order valence-electron chi connectivity index (χ0n) is 10.2. The topological polar surface area (TPSA) is 57.7 Å². The van der Waals surface area contributed by atoms with Crippen LogP contribution in [0.25, 0.3) is 11.4 Å². The Morgan fingerprint density at radius 1 is 1.11 bits per heavy atom. The van der Waals surface area contributed by atoms with Gasteiger partial charge in [-0.1, -0.05) is 0 Å². The quantitative estimate of drug-likeness (QED) is 0.867. The minimum atomic E-state index is 0.889. The van der Waals surface area contributed by atoms with E-state index in [-0.39, 0.29) is 0 Å². The van der Waals surface area contributed by atoms with Crippen LogP contribution in [0.1, 0.15) is 24.1 Å². The number of nitrogens with zero attached hydrogens (tertiary/aromatic N) is 4. The molecule has 18 heavy (non-hydrogen) atoms. The van der Waals surface area contributed by atoms with E-state index in [1.807, 2.05) is 12.3 Å². The molecule has 1 fully saturated rings. The third-order valence-corrected chi connectivity index (χ3v) is 3.80. The summed E-state index contributed by atoms with van der Waals surface area (Å²) in [6.07, 6.45) is 6.44. The Bertz CT molecular complexity index is 571. The highest BCUT2D eigenvalue weighted by Crippen LogP contribution is 2.31. The minimum absolute atomic E-state index is 0.889. The smallest absolute Gasteiger partial charge is 0.226 e. The monoisotopic (exact) mass is 241 g/mol.